The fraction of sp³-hybridized carbons (Fsp3) is 0.111. The fourth-order valence-electron chi connectivity index (χ4n) is 3.06. The largest absolute Gasteiger partial charge is 0.478 e. The van der Waals surface area contributed by atoms with Gasteiger partial charge in [0.1, 0.15) is 0 Å². The van der Waals surface area contributed by atoms with Gasteiger partial charge >= 0.3 is 5.97 Å². The molecule has 0 saturated carbocycles. The van der Waals surface area contributed by atoms with Gasteiger partial charge in [-0.1, -0.05) is 17.7 Å². The molecular weight excluding hydrogens is 312 g/mol. The van der Waals surface area contributed by atoms with Crippen molar-refractivity contribution in [2.75, 3.05) is 0 Å². The zero-order chi connectivity index (χ0) is 16.0. The van der Waals surface area contributed by atoms with Crippen LogP contribution in [0.5, 0.6) is 0 Å². The summed E-state index contributed by atoms with van der Waals surface area (Å²) < 4.78 is 1.87. The quantitative estimate of drug-likeness (QED) is 0.775. The van der Waals surface area contributed by atoms with E-state index in [0.29, 0.717) is 0 Å². The van der Waals surface area contributed by atoms with Crippen LogP contribution < -0.4 is 0 Å². The van der Waals surface area contributed by atoms with Gasteiger partial charge in [-0.3, -0.25) is 0 Å². The van der Waals surface area contributed by atoms with E-state index in [9.17, 15) is 4.79 Å². The van der Waals surface area contributed by atoms with Crippen molar-refractivity contribution in [1.82, 2.24) is 9.78 Å². The van der Waals surface area contributed by atoms with Crippen LogP contribution in [-0.2, 0) is 12.8 Å². The molecule has 1 heterocycles. The fourth-order valence-corrected chi connectivity index (χ4v) is 3.26. The molecule has 0 atom stereocenters. The second-order valence-electron chi connectivity index (χ2n) is 5.58. The molecule has 0 fully saturated rings. The third-order valence-corrected chi connectivity index (χ3v) is 4.43. The van der Waals surface area contributed by atoms with E-state index in [1.165, 1.54) is 11.1 Å². The average molecular weight is 325 g/mol. The molecule has 0 spiro atoms. The number of halogens is 1. The molecule has 0 amide bonds. The first-order valence-electron chi connectivity index (χ1n) is 7.33. The van der Waals surface area contributed by atoms with Crippen molar-refractivity contribution < 1.29 is 9.90 Å². The average Bonchev–Trinajstić information content (AvgIpc) is 2.99. The minimum Gasteiger partial charge on any atom is -0.478 e. The van der Waals surface area contributed by atoms with Gasteiger partial charge in [-0.05, 0) is 60.4 Å². The van der Waals surface area contributed by atoms with Gasteiger partial charge in [0.25, 0.3) is 0 Å². The second kappa shape index (κ2) is 5.25. The van der Waals surface area contributed by atoms with E-state index in [0.717, 1.165) is 34.8 Å². The number of aromatic nitrogens is 2. The van der Waals surface area contributed by atoms with E-state index in [2.05, 4.69) is 5.10 Å². The summed E-state index contributed by atoms with van der Waals surface area (Å²) in [7, 11) is 0. The second-order valence-corrected chi connectivity index (χ2v) is 6.02. The lowest BCUT2D eigenvalue weighted by atomic mass is 9.90. The summed E-state index contributed by atoms with van der Waals surface area (Å²) in [5.41, 5.74) is 5.72. The Bertz CT molecular complexity index is 913. The molecule has 3 aromatic rings. The van der Waals surface area contributed by atoms with Crippen LogP contribution in [0.2, 0.25) is 5.02 Å². The molecule has 0 bridgehead atoms. The third kappa shape index (κ3) is 2.32. The number of carbonyl (C=O) groups is 1. The smallest absolute Gasteiger partial charge is 0.335 e. The van der Waals surface area contributed by atoms with Crippen LogP contribution >= 0.6 is 11.6 Å². The number of hydrogen-bond donors (Lipinski definition) is 1. The molecule has 2 aromatic carbocycles. The molecule has 0 unspecified atom stereocenters. The molecule has 1 aliphatic carbocycles. The zero-order valence-electron chi connectivity index (χ0n) is 12.2. The van der Waals surface area contributed by atoms with Crippen molar-refractivity contribution in [3.8, 4) is 16.9 Å². The Kier molecular flexibility index (Phi) is 3.20. The van der Waals surface area contributed by atoms with Crippen molar-refractivity contribution >= 4 is 17.6 Å². The van der Waals surface area contributed by atoms with Crippen LogP contribution in [0.3, 0.4) is 0 Å². The highest BCUT2D eigenvalue weighted by atomic mass is 35.5. The summed E-state index contributed by atoms with van der Waals surface area (Å²) in [6, 6.07) is 12.7. The maximum atomic E-state index is 11.0. The van der Waals surface area contributed by atoms with Crippen molar-refractivity contribution in [2.45, 2.75) is 12.8 Å². The summed E-state index contributed by atoms with van der Waals surface area (Å²) in [5, 5.41) is 14.3. The van der Waals surface area contributed by atoms with Gasteiger partial charge in [0.05, 0.1) is 23.1 Å². The number of carboxylic acid groups (broad SMARTS) is 1. The minimum absolute atomic E-state index is 0.266. The lowest BCUT2D eigenvalue weighted by molar-refractivity contribution is 0.0697. The Morgan fingerprint density at radius 1 is 1.09 bits per heavy atom. The molecular formula is C18H13ClN2O2. The summed E-state index contributed by atoms with van der Waals surface area (Å²) >= 11 is 6.10. The van der Waals surface area contributed by atoms with Crippen LogP contribution in [0.15, 0.2) is 48.7 Å². The van der Waals surface area contributed by atoms with Crippen LogP contribution in [0.1, 0.15) is 21.5 Å². The van der Waals surface area contributed by atoms with E-state index in [1.807, 2.05) is 29.1 Å². The van der Waals surface area contributed by atoms with Gasteiger partial charge in [0.2, 0.25) is 0 Å². The molecule has 1 N–H and O–H groups in total. The summed E-state index contributed by atoms with van der Waals surface area (Å²) in [4.78, 5) is 11.0. The number of hydrogen-bond acceptors (Lipinski definition) is 2. The third-order valence-electron chi connectivity index (χ3n) is 4.19. The van der Waals surface area contributed by atoms with Crippen LogP contribution in [0.25, 0.3) is 16.9 Å². The van der Waals surface area contributed by atoms with E-state index in [-0.39, 0.29) is 5.56 Å². The molecule has 0 aliphatic heterocycles. The van der Waals surface area contributed by atoms with Crippen molar-refractivity contribution in [1.29, 1.82) is 0 Å². The first-order valence-corrected chi connectivity index (χ1v) is 7.71. The van der Waals surface area contributed by atoms with E-state index >= 15 is 0 Å². The molecule has 114 valence electrons. The van der Waals surface area contributed by atoms with Gasteiger partial charge in [-0.25, -0.2) is 9.48 Å². The van der Waals surface area contributed by atoms with Crippen molar-refractivity contribution in [3.05, 3.63) is 70.4 Å². The SMILES string of the molecule is O=C(O)c1ccc(-n2ncc3c2-c2ccc(Cl)cc2CC3)cc1. The number of rotatable bonds is 2. The van der Waals surface area contributed by atoms with Gasteiger partial charge in [0, 0.05) is 10.6 Å². The molecule has 5 heteroatoms. The maximum absolute atomic E-state index is 11.0. The number of carboxylic acids is 1. The molecule has 23 heavy (non-hydrogen) atoms. The van der Waals surface area contributed by atoms with Crippen molar-refractivity contribution in [3.63, 3.8) is 0 Å². The normalized spacial score (nSPS) is 12.6. The Balaban J connectivity index is 1.85. The summed E-state index contributed by atoms with van der Waals surface area (Å²) in [6.45, 7) is 0. The first kappa shape index (κ1) is 14.0. The van der Waals surface area contributed by atoms with E-state index < -0.39 is 5.97 Å². The lowest BCUT2D eigenvalue weighted by Crippen LogP contribution is -2.07. The number of nitrogens with zero attached hydrogens (tertiary/aromatic N) is 2. The summed E-state index contributed by atoms with van der Waals surface area (Å²) in [6.07, 6.45) is 3.76. The standard InChI is InChI=1S/C18H13ClN2O2/c19-14-5-8-16-12(9-14)1-2-13-10-20-21(17(13)16)15-6-3-11(4-7-15)18(22)23/h3-10H,1-2H2,(H,22,23). The predicted octanol–water partition coefficient (Wildman–Crippen LogP) is 3.99. The molecule has 4 nitrogen and oxygen atoms in total. The number of fused-ring (bicyclic) bond motifs is 3. The Morgan fingerprint density at radius 3 is 2.57 bits per heavy atom. The van der Waals surface area contributed by atoms with Gasteiger partial charge in [0.15, 0.2) is 0 Å². The highest BCUT2D eigenvalue weighted by Gasteiger charge is 2.22. The maximum Gasteiger partial charge on any atom is 0.335 e. The number of aromatic carboxylic acids is 1. The highest BCUT2D eigenvalue weighted by molar-refractivity contribution is 6.30. The topological polar surface area (TPSA) is 55.1 Å². The van der Waals surface area contributed by atoms with Gasteiger partial charge in [-0.15, -0.1) is 0 Å². The van der Waals surface area contributed by atoms with Crippen LogP contribution in [0, 0.1) is 0 Å². The molecule has 1 aliphatic rings. The number of aryl methyl sites for hydroxylation is 2. The van der Waals surface area contributed by atoms with E-state index in [1.54, 1.807) is 24.3 Å². The predicted molar refractivity (Wildman–Crippen MR) is 88.4 cm³/mol. The first-order chi connectivity index (χ1) is 11.1. The molecule has 1 aromatic heterocycles. The monoisotopic (exact) mass is 324 g/mol. The zero-order valence-corrected chi connectivity index (χ0v) is 12.9. The Labute approximate surface area is 138 Å². The molecule has 0 radical (unpaired) electrons. The Hall–Kier alpha value is -2.59. The highest BCUT2D eigenvalue weighted by Crippen LogP contribution is 2.36. The van der Waals surface area contributed by atoms with Crippen LogP contribution in [0.4, 0.5) is 0 Å². The number of benzene rings is 2. The summed E-state index contributed by atoms with van der Waals surface area (Å²) in [5.74, 6) is -0.931. The lowest BCUT2D eigenvalue weighted by Gasteiger charge is -2.18. The Morgan fingerprint density at radius 2 is 1.83 bits per heavy atom. The van der Waals surface area contributed by atoms with Gasteiger partial charge in [-0.2, -0.15) is 5.10 Å². The molecule has 0 saturated heterocycles. The van der Waals surface area contributed by atoms with Crippen LogP contribution in [-0.4, -0.2) is 20.9 Å². The van der Waals surface area contributed by atoms with E-state index in [4.69, 9.17) is 16.7 Å². The molecule has 4 rings (SSSR count). The van der Waals surface area contributed by atoms with Crippen molar-refractivity contribution in [2.24, 2.45) is 0 Å². The minimum atomic E-state index is -0.931. The van der Waals surface area contributed by atoms with Gasteiger partial charge < -0.3 is 5.11 Å².